The fourth-order valence-corrected chi connectivity index (χ4v) is 4.33. The van der Waals surface area contributed by atoms with Crippen LogP contribution in [0.15, 0.2) is 46.3 Å². The Balaban J connectivity index is 2.38. The van der Waals surface area contributed by atoms with Crippen molar-refractivity contribution >= 4 is 37.5 Å². The number of fused-ring (bicyclic) bond motifs is 1. The first-order valence-corrected chi connectivity index (χ1v) is 10.7. The zero-order valence-corrected chi connectivity index (χ0v) is 16.1. The minimum Gasteiger partial charge on any atom is -0.398 e. The summed E-state index contributed by atoms with van der Waals surface area (Å²) in [5, 5.41) is 0. The van der Waals surface area contributed by atoms with Crippen molar-refractivity contribution in [3.63, 3.8) is 0 Å². The number of aromatic nitrogens is 1. The summed E-state index contributed by atoms with van der Waals surface area (Å²) in [6.07, 6.45) is 2.64. The molecule has 1 aromatic carbocycles. The summed E-state index contributed by atoms with van der Waals surface area (Å²) in [5.74, 6) is -0.641. The minimum atomic E-state index is -4.76. The van der Waals surface area contributed by atoms with Crippen LogP contribution in [0.25, 0.3) is 0 Å². The van der Waals surface area contributed by atoms with E-state index in [4.69, 9.17) is 5.73 Å². The molecule has 1 aliphatic rings. The van der Waals surface area contributed by atoms with Gasteiger partial charge in [0.2, 0.25) is 5.71 Å². The van der Waals surface area contributed by atoms with Crippen molar-refractivity contribution in [3.8, 4) is 0 Å². The molecule has 1 aliphatic carbocycles. The fourth-order valence-electron chi connectivity index (χ4n) is 3.00. The molecule has 148 valence electrons. The third-order valence-electron chi connectivity index (χ3n) is 4.28. The lowest BCUT2D eigenvalue weighted by molar-refractivity contribution is -0.393. The molecule has 0 fully saturated rings. The first-order chi connectivity index (χ1) is 12.9. The number of hydrogen-bond acceptors (Lipinski definition) is 6. The zero-order chi connectivity index (χ0) is 20.9. The first kappa shape index (κ1) is 19.9. The van der Waals surface area contributed by atoms with Crippen LogP contribution in [-0.4, -0.2) is 54.2 Å². The molecule has 1 amide bonds. The van der Waals surface area contributed by atoms with E-state index in [1.165, 1.54) is 25.4 Å². The topological polar surface area (TPSA) is 171 Å². The lowest BCUT2D eigenvalue weighted by atomic mass is 9.93. The van der Waals surface area contributed by atoms with Crippen molar-refractivity contribution in [2.75, 3.05) is 12.8 Å². The third kappa shape index (κ3) is 3.49. The van der Waals surface area contributed by atoms with E-state index in [0.717, 1.165) is 16.7 Å². The van der Waals surface area contributed by atoms with Crippen molar-refractivity contribution in [3.05, 3.63) is 58.3 Å². The molecule has 2 aromatic rings. The SMILES string of the molecule is C[N+](C(=O)c1ccc[nH]1)=C1C(S(=O)(=O)O)=CCc2c(N)cc(S(=O)(=O)O)cc21. The lowest BCUT2D eigenvalue weighted by Crippen LogP contribution is -2.32. The fraction of sp³-hybridized carbons (Fsp3) is 0.125. The van der Waals surface area contributed by atoms with Crippen LogP contribution < -0.4 is 5.73 Å². The second-order valence-electron chi connectivity index (χ2n) is 6.06. The van der Waals surface area contributed by atoms with Gasteiger partial charge in [0.15, 0.2) is 10.6 Å². The highest BCUT2D eigenvalue weighted by molar-refractivity contribution is 7.91. The molecular formula is C16H16N3O7S2+. The predicted molar refractivity (Wildman–Crippen MR) is 99.4 cm³/mol. The van der Waals surface area contributed by atoms with Crippen LogP contribution in [0.4, 0.5) is 5.69 Å². The zero-order valence-electron chi connectivity index (χ0n) is 14.4. The van der Waals surface area contributed by atoms with Crippen LogP contribution in [0.2, 0.25) is 0 Å². The monoisotopic (exact) mass is 426 g/mol. The Hall–Kier alpha value is -2.80. The Morgan fingerprint density at radius 2 is 1.86 bits per heavy atom. The van der Waals surface area contributed by atoms with E-state index in [1.807, 2.05) is 0 Å². The van der Waals surface area contributed by atoms with E-state index in [1.54, 1.807) is 6.07 Å². The maximum absolute atomic E-state index is 12.7. The van der Waals surface area contributed by atoms with Gasteiger partial charge in [0.05, 0.1) is 10.5 Å². The van der Waals surface area contributed by atoms with Gasteiger partial charge in [0.25, 0.3) is 10.1 Å². The maximum atomic E-state index is 12.7. The van der Waals surface area contributed by atoms with E-state index >= 15 is 0 Å². The molecule has 0 spiro atoms. The average Bonchev–Trinajstić information content (AvgIpc) is 3.12. The van der Waals surface area contributed by atoms with Crippen LogP contribution >= 0.6 is 0 Å². The number of nitrogens with zero attached hydrogens (tertiary/aromatic N) is 1. The van der Waals surface area contributed by atoms with Gasteiger partial charge >= 0.3 is 16.0 Å². The maximum Gasteiger partial charge on any atom is 0.436 e. The molecular weight excluding hydrogens is 410 g/mol. The summed E-state index contributed by atoms with van der Waals surface area (Å²) >= 11 is 0. The molecule has 0 unspecified atom stereocenters. The second-order valence-corrected chi connectivity index (χ2v) is 8.87. The number of nitrogen functional groups attached to an aromatic ring is 1. The minimum absolute atomic E-state index is 0.00911. The highest BCUT2D eigenvalue weighted by Crippen LogP contribution is 2.31. The molecule has 3 rings (SSSR count). The number of nitrogens with two attached hydrogens (primary N) is 1. The third-order valence-corrected chi connectivity index (χ3v) is 6.03. The van der Waals surface area contributed by atoms with E-state index in [-0.39, 0.29) is 29.1 Å². The number of benzene rings is 1. The van der Waals surface area contributed by atoms with Gasteiger partial charge in [0.1, 0.15) is 7.05 Å². The number of rotatable bonds is 3. The Kier molecular flexibility index (Phi) is 4.75. The summed E-state index contributed by atoms with van der Waals surface area (Å²) < 4.78 is 66.9. The highest BCUT2D eigenvalue weighted by atomic mass is 32.2. The van der Waals surface area contributed by atoms with Crippen LogP contribution in [0.1, 0.15) is 21.6 Å². The molecule has 0 radical (unpaired) electrons. The number of anilines is 1. The van der Waals surface area contributed by atoms with Gasteiger partial charge in [-0.1, -0.05) is 6.08 Å². The number of hydrogen-bond donors (Lipinski definition) is 4. The number of amides is 1. The van der Waals surface area contributed by atoms with Gasteiger partial charge in [-0.3, -0.25) is 9.11 Å². The molecule has 28 heavy (non-hydrogen) atoms. The molecule has 0 saturated heterocycles. The number of nitrogens with one attached hydrogen (secondary N) is 1. The predicted octanol–water partition coefficient (Wildman–Crippen LogP) is 0.443. The summed E-state index contributed by atoms with van der Waals surface area (Å²) in [6, 6.07) is 5.06. The summed E-state index contributed by atoms with van der Waals surface area (Å²) in [4.78, 5) is 14.3. The largest absolute Gasteiger partial charge is 0.436 e. The van der Waals surface area contributed by atoms with Crippen molar-refractivity contribution in [1.82, 2.24) is 4.98 Å². The molecule has 0 bridgehead atoms. The molecule has 0 aliphatic heterocycles. The molecule has 1 heterocycles. The van der Waals surface area contributed by atoms with E-state index in [2.05, 4.69) is 4.98 Å². The Morgan fingerprint density at radius 3 is 2.39 bits per heavy atom. The summed E-state index contributed by atoms with van der Waals surface area (Å²) in [7, 11) is -8.15. The summed E-state index contributed by atoms with van der Waals surface area (Å²) in [6.45, 7) is 0. The van der Waals surface area contributed by atoms with Crippen molar-refractivity contribution in [2.45, 2.75) is 11.3 Å². The number of aromatic amines is 1. The van der Waals surface area contributed by atoms with Gasteiger partial charge in [-0.05, 0) is 36.2 Å². The lowest BCUT2D eigenvalue weighted by Gasteiger charge is -2.18. The Bertz CT molecular complexity index is 1260. The van der Waals surface area contributed by atoms with Gasteiger partial charge < -0.3 is 10.7 Å². The molecule has 5 N–H and O–H groups in total. The molecule has 0 atom stereocenters. The number of carbonyl (C=O) groups excluding carboxylic acids is 1. The molecule has 12 heteroatoms. The molecule has 0 saturated carbocycles. The van der Waals surface area contributed by atoms with E-state index in [0.29, 0.717) is 5.56 Å². The Morgan fingerprint density at radius 1 is 1.18 bits per heavy atom. The van der Waals surface area contributed by atoms with Gasteiger partial charge in [-0.2, -0.15) is 21.4 Å². The molecule has 10 nitrogen and oxygen atoms in total. The van der Waals surface area contributed by atoms with E-state index < -0.39 is 35.9 Å². The number of allylic oxidation sites excluding steroid dienone is 2. The van der Waals surface area contributed by atoms with Crippen molar-refractivity contribution in [1.29, 1.82) is 0 Å². The van der Waals surface area contributed by atoms with Gasteiger partial charge in [-0.15, -0.1) is 0 Å². The van der Waals surface area contributed by atoms with Crippen LogP contribution in [0.5, 0.6) is 0 Å². The molecule has 1 aromatic heterocycles. The number of carbonyl (C=O) groups is 1. The van der Waals surface area contributed by atoms with Gasteiger partial charge in [0, 0.05) is 11.9 Å². The van der Waals surface area contributed by atoms with Crippen molar-refractivity contribution < 1.29 is 35.3 Å². The van der Waals surface area contributed by atoms with E-state index in [9.17, 15) is 30.7 Å². The standard InChI is InChI=1S/C16H15N3O7S2/c1-19(16(20)13-3-2-6-18-13)15-11-7-9(27(21,22)23)8-12(17)10(11)4-5-14(15)28(24,25)26/h2-3,5-8H,4,17H2,1H3,(H2-,18,20,21,22,23,24,25,26)/p+1. The quantitative estimate of drug-likeness (QED) is 0.311. The van der Waals surface area contributed by atoms with Crippen LogP contribution in [0, 0.1) is 0 Å². The first-order valence-electron chi connectivity index (χ1n) is 7.78. The summed E-state index contributed by atoms with van der Waals surface area (Å²) in [5.41, 5.74) is 6.08. The number of H-pyrrole nitrogens is 1. The highest BCUT2D eigenvalue weighted by Gasteiger charge is 2.37. The average molecular weight is 426 g/mol. The Labute approximate surface area is 160 Å². The second kappa shape index (κ2) is 6.67. The normalized spacial score (nSPS) is 16.3. The van der Waals surface area contributed by atoms with Crippen LogP contribution in [0.3, 0.4) is 0 Å². The van der Waals surface area contributed by atoms with Crippen molar-refractivity contribution in [2.24, 2.45) is 0 Å². The van der Waals surface area contributed by atoms with Gasteiger partial charge in [-0.25, -0.2) is 4.79 Å². The van der Waals surface area contributed by atoms with Crippen LogP contribution in [-0.2, 0) is 26.7 Å². The smallest absolute Gasteiger partial charge is 0.398 e.